The van der Waals surface area contributed by atoms with E-state index in [0.717, 1.165) is 0 Å². The molecule has 252 valence electrons. The number of carbonyl (C=O) groups excluding carboxylic acids is 2. The molecule has 0 spiro atoms. The van der Waals surface area contributed by atoms with Crippen LogP contribution in [0.5, 0.6) is 23.0 Å². The van der Waals surface area contributed by atoms with Crippen LogP contribution in [-0.4, -0.2) is 52.3 Å². The van der Waals surface area contributed by atoms with Crippen molar-refractivity contribution < 1.29 is 48.7 Å². The standard InChI is InChI=1S/C32H24N2O9.C6H6O/c1-2-41-23-12-14-25(31(37)38)27(18-23)29(35)33-20-8-10-21(11-9-20)34-30(36)28-19-24(13-15-26(28)32(39)40)43-17-16-42-22-6-4-3-5-7-22;7-6-4-2-1-3-5-6/h1,3-15,18-19H,16-17H2,(H,33,35)(H,34,36)(H,37,38)(H,39,40);1-5,7H. The second-order valence-electron chi connectivity index (χ2n) is 10.1. The molecule has 0 radical (unpaired) electrons. The Bertz CT molecular complexity index is 1990. The van der Waals surface area contributed by atoms with Crippen LogP contribution in [0.2, 0.25) is 0 Å². The fraction of sp³-hybridized carbons (Fsp3) is 0.0526. The molecular weight excluding hydrogens is 644 g/mol. The monoisotopic (exact) mass is 674 g/mol. The van der Waals surface area contributed by atoms with Gasteiger partial charge in [0.1, 0.15) is 42.3 Å². The number of aromatic hydroxyl groups is 1. The summed E-state index contributed by atoms with van der Waals surface area (Å²) in [7, 11) is 0. The number of aromatic carboxylic acids is 2. The molecule has 0 unspecified atom stereocenters. The average Bonchev–Trinajstić information content (AvgIpc) is 3.12. The van der Waals surface area contributed by atoms with Crippen molar-refractivity contribution in [2.45, 2.75) is 0 Å². The van der Waals surface area contributed by atoms with Crippen molar-refractivity contribution in [1.82, 2.24) is 0 Å². The highest BCUT2D eigenvalue weighted by molar-refractivity contribution is 6.12. The zero-order valence-corrected chi connectivity index (χ0v) is 26.2. The van der Waals surface area contributed by atoms with E-state index in [1.54, 1.807) is 36.4 Å². The summed E-state index contributed by atoms with van der Waals surface area (Å²) in [6.07, 6.45) is 7.06. The highest BCUT2D eigenvalue weighted by Crippen LogP contribution is 2.23. The first-order valence-corrected chi connectivity index (χ1v) is 14.8. The maximum Gasteiger partial charge on any atom is 0.336 e. The molecule has 0 atom stereocenters. The van der Waals surface area contributed by atoms with E-state index in [1.807, 2.05) is 30.4 Å². The quantitative estimate of drug-likeness (QED) is 0.0733. The van der Waals surface area contributed by atoms with Gasteiger partial charge in [0.25, 0.3) is 11.8 Å². The van der Waals surface area contributed by atoms with Crippen LogP contribution in [0.1, 0.15) is 41.4 Å². The van der Waals surface area contributed by atoms with Crippen LogP contribution >= 0.6 is 0 Å². The predicted octanol–water partition coefficient (Wildman–Crippen LogP) is 6.41. The number of rotatable bonds is 12. The number of amides is 2. The van der Waals surface area contributed by atoms with Gasteiger partial charge in [0, 0.05) is 11.4 Å². The minimum absolute atomic E-state index is 0.117. The minimum Gasteiger partial charge on any atom is -0.508 e. The zero-order valence-electron chi connectivity index (χ0n) is 26.2. The van der Waals surface area contributed by atoms with Crippen molar-refractivity contribution in [3.05, 3.63) is 144 Å². The van der Waals surface area contributed by atoms with E-state index in [-0.39, 0.29) is 47.0 Å². The smallest absolute Gasteiger partial charge is 0.336 e. The number of phenolic OH excluding ortho intramolecular Hbond substituents is 1. The Kier molecular flexibility index (Phi) is 12.5. The Hall–Kier alpha value is -7.26. The van der Waals surface area contributed by atoms with Crippen LogP contribution in [0.3, 0.4) is 0 Å². The molecule has 5 aromatic rings. The second-order valence-corrected chi connectivity index (χ2v) is 10.1. The van der Waals surface area contributed by atoms with Crippen molar-refractivity contribution in [2.75, 3.05) is 23.8 Å². The zero-order chi connectivity index (χ0) is 35.9. The molecule has 0 aliphatic heterocycles. The number of carboxylic acid groups (broad SMARTS) is 2. The van der Waals surface area contributed by atoms with E-state index < -0.39 is 23.8 Å². The Morgan fingerprint density at radius 2 is 1.00 bits per heavy atom. The van der Waals surface area contributed by atoms with Crippen LogP contribution in [0.25, 0.3) is 0 Å². The first-order valence-electron chi connectivity index (χ1n) is 14.8. The first-order chi connectivity index (χ1) is 24.1. The van der Waals surface area contributed by atoms with Crippen molar-refractivity contribution in [3.8, 4) is 35.5 Å². The molecule has 12 nitrogen and oxygen atoms in total. The van der Waals surface area contributed by atoms with Crippen LogP contribution in [-0.2, 0) is 0 Å². The second kappa shape index (κ2) is 17.6. The summed E-state index contributed by atoms with van der Waals surface area (Å²) in [6.45, 7) is 0.390. The van der Waals surface area contributed by atoms with Gasteiger partial charge in [-0.25, -0.2) is 9.59 Å². The number of phenols is 1. The molecule has 5 N–H and O–H groups in total. The number of carboxylic acids is 2. The molecule has 0 aliphatic carbocycles. The number of hydrogen-bond acceptors (Lipinski definition) is 8. The molecule has 0 saturated heterocycles. The predicted molar refractivity (Wildman–Crippen MR) is 184 cm³/mol. The Balaban J connectivity index is 0.000000714. The lowest BCUT2D eigenvalue weighted by Gasteiger charge is -2.12. The minimum atomic E-state index is -1.31. The van der Waals surface area contributed by atoms with Crippen molar-refractivity contribution in [1.29, 1.82) is 0 Å². The summed E-state index contributed by atoms with van der Waals surface area (Å²) >= 11 is 0. The summed E-state index contributed by atoms with van der Waals surface area (Å²) in [5.41, 5.74) is -0.178. The van der Waals surface area contributed by atoms with Crippen molar-refractivity contribution in [2.24, 2.45) is 0 Å². The lowest BCUT2D eigenvalue weighted by molar-refractivity contribution is 0.0683. The third-order valence-corrected chi connectivity index (χ3v) is 6.63. The summed E-state index contributed by atoms with van der Waals surface area (Å²) in [4.78, 5) is 49.2. The highest BCUT2D eigenvalue weighted by atomic mass is 16.5. The molecule has 0 saturated carbocycles. The van der Waals surface area contributed by atoms with E-state index >= 15 is 0 Å². The molecule has 50 heavy (non-hydrogen) atoms. The van der Waals surface area contributed by atoms with Gasteiger partial charge < -0.3 is 40.2 Å². The topological polar surface area (TPSA) is 181 Å². The van der Waals surface area contributed by atoms with Gasteiger partial charge >= 0.3 is 11.9 Å². The molecule has 0 fully saturated rings. The van der Waals surface area contributed by atoms with Crippen molar-refractivity contribution >= 4 is 35.1 Å². The largest absolute Gasteiger partial charge is 0.508 e. The van der Waals surface area contributed by atoms with E-state index in [9.17, 15) is 29.4 Å². The molecular formula is C38H30N2O10. The number of hydrogen-bond donors (Lipinski definition) is 5. The first kappa shape index (κ1) is 35.6. The maximum atomic E-state index is 13.0. The number of carbonyl (C=O) groups is 4. The summed E-state index contributed by atoms with van der Waals surface area (Å²) in [5, 5.41) is 32.8. The fourth-order valence-corrected chi connectivity index (χ4v) is 4.31. The number of benzene rings is 5. The van der Waals surface area contributed by atoms with E-state index in [2.05, 4.69) is 10.6 Å². The molecule has 5 aromatic carbocycles. The molecule has 0 aromatic heterocycles. The molecule has 0 aliphatic rings. The molecule has 5 rings (SSSR count). The van der Waals surface area contributed by atoms with E-state index in [1.165, 1.54) is 60.7 Å². The van der Waals surface area contributed by atoms with Gasteiger partial charge in [0.15, 0.2) is 0 Å². The molecule has 2 amide bonds. The summed E-state index contributed by atoms with van der Waals surface area (Å²) < 4.78 is 16.1. The normalized spacial score (nSPS) is 9.90. The number of ether oxygens (including phenoxy) is 3. The van der Waals surface area contributed by atoms with E-state index in [0.29, 0.717) is 22.9 Å². The number of nitrogens with one attached hydrogen (secondary N) is 2. The van der Waals surface area contributed by atoms with Crippen LogP contribution in [0.15, 0.2) is 121 Å². The van der Waals surface area contributed by atoms with Gasteiger partial charge in [0.05, 0.1) is 22.3 Å². The third-order valence-electron chi connectivity index (χ3n) is 6.63. The lowest BCUT2D eigenvalue weighted by atomic mass is 10.1. The van der Waals surface area contributed by atoms with E-state index in [4.69, 9.17) is 25.7 Å². The SMILES string of the molecule is C#COc1ccc(C(=O)O)c(C(=O)Nc2ccc(NC(=O)c3cc(OCCOc4ccccc4)ccc3C(=O)O)cc2)c1.Oc1ccccc1. The number of anilines is 2. The number of para-hydroxylation sites is 2. The Morgan fingerprint density at radius 3 is 1.44 bits per heavy atom. The van der Waals surface area contributed by atoms with Gasteiger partial charge in [-0.15, -0.1) is 0 Å². The van der Waals surface area contributed by atoms with Crippen molar-refractivity contribution in [3.63, 3.8) is 0 Å². The van der Waals surface area contributed by atoms with Gasteiger partial charge in [-0.2, -0.15) is 0 Å². The highest BCUT2D eigenvalue weighted by Gasteiger charge is 2.20. The van der Waals surface area contributed by atoms with Crippen LogP contribution in [0.4, 0.5) is 11.4 Å². The number of terminal acetylenes is 1. The van der Waals surface area contributed by atoms with Gasteiger partial charge in [-0.1, -0.05) is 42.8 Å². The molecule has 0 bridgehead atoms. The Morgan fingerprint density at radius 1 is 0.560 bits per heavy atom. The summed E-state index contributed by atoms with van der Waals surface area (Å²) in [6, 6.07) is 31.5. The third kappa shape index (κ3) is 10.4. The van der Waals surface area contributed by atoms with Gasteiger partial charge in [-0.3, -0.25) is 9.59 Å². The fourth-order valence-electron chi connectivity index (χ4n) is 4.31. The lowest BCUT2D eigenvalue weighted by Crippen LogP contribution is -2.18. The van der Waals surface area contributed by atoms with Gasteiger partial charge in [0.2, 0.25) is 0 Å². The van der Waals surface area contributed by atoms with Gasteiger partial charge in [-0.05, 0) is 84.9 Å². The van der Waals surface area contributed by atoms with Crippen LogP contribution in [0, 0.1) is 12.5 Å². The molecule has 0 heterocycles. The average molecular weight is 675 g/mol. The summed E-state index contributed by atoms with van der Waals surface area (Å²) in [5.74, 6) is -2.64. The van der Waals surface area contributed by atoms with Crippen LogP contribution < -0.4 is 24.8 Å². The Labute approximate surface area is 286 Å². The molecule has 12 heteroatoms. The maximum absolute atomic E-state index is 13.0.